The lowest BCUT2D eigenvalue weighted by Gasteiger charge is -2.18. The zero-order valence-corrected chi connectivity index (χ0v) is 15.1. The number of carboxylic acids is 1. The molecule has 0 bridgehead atoms. The highest BCUT2D eigenvalue weighted by molar-refractivity contribution is 6.05. The summed E-state index contributed by atoms with van der Waals surface area (Å²) in [7, 11) is 0. The summed E-state index contributed by atoms with van der Waals surface area (Å²) < 4.78 is 5.03. The van der Waals surface area contributed by atoms with Crippen LogP contribution in [0.2, 0.25) is 0 Å². The fourth-order valence-electron chi connectivity index (χ4n) is 2.39. The van der Waals surface area contributed by atoms with Gasteiger partial charge in [0, 0.05) is 0 Å². The van der Waals surface area contributed by atoms with Gasteiger partial charge < -0.3 is 20.2 Å². The van der Waals surface area contributed by atoms with Crippen LogP contribution < -0.4 is 10.6 Å². The summed E-state index contributed by atoms with van der Waals surface area (Å²) >= 11 is 0. The minimum Gasteiger partial charge on any atom is -0.480 e. The molecule has 3 N–H and O–H groups in total. The van der Waals surface area contributed by atoms with Crippen molar-refractivity contribution in [2.24, 2.45) is 5.92 Å². The molecule has 0 radical (unpaired) electrons. The van der Waals surface area contributed by atoms with E-state index in [1.165, 1.54) is 18.4 Å². The van der Waals surface area contributed by atoms with E-state index in [0.717, 1.165) is 0 Å². The molecule has 2 rings (SSSR count). The average molecular weight is 370 g/mol. The van der Waals surface area contributed by atoms with Gasteiger partial charge in [-0.15, -0.1) is 0 Å². The molecule has 27 heavy (non-hydrogen) atoms. The molecule has 0 spiro atoms. The van der Waals surface area contributed by atoms with Gasteiger partial charge >= 0.3 is 5.97 Å². The molecule has 2 amide bonds. The molecule has 1 heterocycles. The van der Waals surface area contributed by atoms with Gasteiger partial charge in [-0.1, -0.05) is 44.2 Å². The first kappa shape index (κ1) is 20.0. The van der Waals surface area contributed by atoms with Crippen molar-refractivity contribution in [2.45, 2.75) is 26.3 Å². The van der Waals surface area contributed by atoms with E-state index in [1.807, 2.05) is 19.9 Å². The SMILES string of the molecule is CC(C)CC(NC(=O)/C(=C/c1ccccc1)NC(=O)c1ccco1)C(=O)O. The maximum absolute atomic E-state index is 12.7. The minimum atomic E-state index is -1.13. The van der Waals surface area contributed by atoms with E-state index in [2.05, 4.69) is 10.6 Å². The fourth-order valence-corrected chi connectivity index (χ4v) is 2.39. The molecule has 1 aromatic heterocycles. The second-order valence-corrected chi connectivity index (χ2v) is 6.39. The number of carboxylic acid groups (broad SMARTS) is 1. The largest absolute Gasteiger partial charge is 0.480 e. The number of nitrogens with one attached hydrogen (secondary N) is 2. The molecule has 142 valence electrons. The second kappa shape index (κ2) is 9.38. The Balaban J connectivity index is 2.25. The number of aliphatic carboxylic acids is 1. The number of rotatable bonds is 8. The average Bonchev–Trinajstić information content (AvgIpc) is 3.15. The van der Waals surface area contributed by atoms with Gasteiger partial charge in [-0.05, 0) is 36.1 Å². The lowest BCUT2D eigenvalue weighted by atomic mass is 10.0. The van der Waals surface area contributed by atoms with E-state index in [9.17, 15) is 19.5 Å². The number of carbonyl (C=O) groups excluding carboxylic acids is 2. The first-order chi connectivity index (χ1) is 12.9. The summed E-state index contributed by atoms with van der Waals surface area (Å²) in [4.78, 5) is 36.4. The van der Waals surface area contributed by atoms with Gasteiger partial charge in [0.1, 0.15) is 11.7 Å². The number of amides is 2. The van der Waals surface area contributed by atoms with Crippen molar-refractivity contribution in [1.29, 1.82) is 0 Å². The summed E-state index contributed by atoms with van der Waals surface area (Å²) in [5, 5.41) is 14.3. The summed E-state index contributed by atoms with van der Waals surface area (Å²) in [6.07, 6.45) is 3.09. The van der Waals surface area contributed by atoms with Crippen LogP contribution >= 0.6 is 0 Å². The molecular weight excluding hydrogens is 348 g/mol. The van der Waals surface area contributed by atoms with Gasteiger partial charge in [-0.25, -0.2) is 4.79 Å². The molecular formula is C20H22N2O5. The normalized spacial score (nSPS) is 12.5. The first-order valence-corrected chi connectivity index (χ1v) is 8.52. The van der Waals surface area contributed by atoms with Crippen LogP contribution in [-0.4, -0.2) is 28.9 Å². The molecule has 0 saturated heterocycles. The summed E-state index contributed by atoms with van der Waals surface area (Å²) in [6.45, 7) is 3.73. The van der Waals surface area contributed by atoms with Crippen LogP contribution in [0.5, 0.6) is 0 Å². The Kier molecular flexibility index (Phi) is 6.93. The minimum absolute atomic E-state index is 0.0405. The Hall–Kier alpha value is -3.35. The third kappa shape index (κ3) is 6.14. The first-order valence-electron chi connectivity index (χ1n) is 8.52. The van der Waals surface area contributed by atoms with Crippen molar-refractivity contribution in [3.63, 3.8) is 0 Å². The monoisotopic (exact) mass is 370 g/mol. The van der Waals surface area contributed by atoms with Crippen molar-refractivity contribution >= 4 is 23.9 Å². The third-order valence-corrected chi connectivity index (χ3v) is 3.66. The standard InChI is InChI=1S/C20H22N2O5/c1-13(2)11-16(20(25)26)22-18(23)15(12-14-7-4-3-5-8-14)21-19(24)17-9-6-10-27-17/h3-10,12-13,16H,11H2,1-2H3,(H,21,24)(H,22,23)(H,25,26)/b15-12-. The Morgan fingerprint density at radius 3 is 2.37 bits per heavy atom. The van der Waals surface area contributed by atoms with E-state index in [0.29, 0.717) is 5.56 Å². The van der Waals surface area contributed by atoms with Crippen molar-refractivity contribution in [3.05, 3.63) is 65.7 Å². The van der Waals surface area contributed by atoms with Crippen molar-refractivity contribution < 1.29 is 23.9 Å². The van der Waals surface area contributed by atoms with Gasteiger partial charge in [0.2, 0.25) is 0 Å². The van der Waals surface area contributed by atoms with Crippen molar-refractivity contribution in [1.82, 2.24) is 10.6 Å². The highest BCUT2D eigenvalue weighted by Gasteiger charge is 2.24. The van der Waals surface area contributed by atoms with Gasteiger partial charge in [0.15, 0.2) is 5.76 Å². The fraction of sp³-hybridized carbons (Fsp3) is 0.250. The van der Waals surface area contributed by atoms with Crippen LogP contribution in [0.15, 0.2) is 58.8 Å². The number of hydrogen-bond acceptors (Lipinski definition) is 4. The molecule has 0 saturated carbocycles. The molecule has 7 heteroatoms. The quantitative estimate of drug-likeness (QED) is 0.619. The summed E-state index contributed by atoms with van der Waals surface area (Å²) in [5.74, 6) is -2.31. The van der Waals surface area contributed by atoms with Crippen LogP contribution in [0.25, 0.3) is 6.08 Å². The van der Waals surface area contributed by atoms with Crippen LogP contribution in [0, 0.1) is 5.92 Å². The molecule has 0 aliphatic heterocycles. The predicted octanol–water partition coefficient (Wildman–Crippen LogP) is 2.67. The van der Waals surface area contributed by atoms with E-state index >= 15 is 0 Å². The molecule has 1 aromatic carbocycles. The number of hydrogen-bond donors (Lipinski definition) is 3. The van der Waals surface area contributed by atoms with E-state index in [4.69, 9.17) is 4.42 Å². The maximum Gasteiger partial charge on any atom is 0.326 e. The number of benzene rings is 1. The lowest BCUT2D eigenvalue weighted by molar-refractivity contribution is -0.141. The molecule has 0 aliphatic carbocycles. The Labute approximate surface area is 157 Å². The molecule has 0 aliphatic rings. The van der Waals surface area contributed by atoms with Crippen LogP contribution in [0.4, 0.5) is 0 Å². The second-order valence-electron chi connectivity index (χ2n) is 6.39. The number of furan rings is 1. The van der Waals surface area contributed by atoms with Gasteiger partial charge in [-0.3, -0.25) is 9.59 Å². The van der Waals surface area contributed by atoms with Crippen molar-refractivity contribution in [2.75, 3.05) is 0 Å². The molecule has 7 nitrogen and oxygen atoms in total. The van der Waals surface area contributed by atoms with Gasteiger partial charge in [-0.2, -0.15) is 0 Å². The molecule has 2 aromatic rings. The van der Waals surface area contributed by atoms with E-state index in [-0.39, 0.29) is 23.8 Å². The van der Waals surface area contributed by atoms with E-state index < -0.39 is 23.8 Å². The predicted molar refractivity (Wildman–Crippen MR) is 99.6 cm³/mol. The molecule has 1 atom stereocenters. The van der Waals surface area contributed by atoms with Crippen molar-refractivity contribution in [3.8, 4) is 0 Å². The van der Waals surface area contributed by atoms with E-state index in [1.54, 1.807) is 30.3 Å². The Bertz CT molecular complexity index is 810. The van der Waals surface area contributed by atoms with Gasteiger partial charge in [0.25, 0.3) is 11.8 Å². The highest BCUT2D eigenvalue weighted by Crippen LogP contribution is 2.10. The molecule has 0 fully saturated rings. The zero-order valence-electron chi connectivity index (χ0n) is 15.1. The van der Waals surface area contributed by atoms with Crippen LogP contribution in [0.3, 0.4) is 0 Å². The van der Waals surface area contributed by atoms with Crippen LogP contribution in [0.1, 0.15) is 36.4 Å². The summed E-state index contributed by atoms with van der Waals surface area (Å²) in [6, 6.07) is 10.9. The van der Waals surface area contributed by atoms with Gasteiger partial charge in [0.05, 0.1) is 6.26 Å². The smallest absolute Gasteiger partial charge is 0.326 e. The Morgan fingerprint density at radius 2 is 1.81 bits per heavy atom. The molecule has 1 unspecified atom stereocenters. The third-order valence-electron chi connectivity index (χ3n) is 3.66. The lowest BCUT2D eigenvalue weighted by Crippen LogP contribution is -2.44. The zero-order chi connectivity index (χ0) is 19.8. The van der Waals surface area contributed by atoms with Crippen LogP contribution in [-0.2, 0) is 9.59 Å². The number of carbonyl (C=O) groups is 3. The Morgan fingerprint density at radius 1 is 1.11 bits per heavy atom. The highest BCUT2D eigenvalue weighted by atomic mass is 16.4. The topological polar surface area (TPSA) is 109 Å². The summed E-state index contributed by atoms with van der Waals surface area (Å²) in [5.41, 5.74) is 0.607. The maximum atomic E-state index is 12.7.